The Labute approximate surface area is 138 Å². The molecule has 3 rings (SSSR count). The maximum absolute atomic E-state index is 12.0. The first-order chi connectivity index (χ1) is 11.1. The third-order valence-electron chi connectivity index (χ3n) is 3.35. The number of rotatable bonds is 5. The lowest BCUT2D eigenvalue weighted by atomic mass is 10.2. The van der Waals surface area contributed by atoms with Crippen LogP contribution in [0.5, 0.6) is 0 Å². The van der Waals surface area contributed by atoms with E-state index in [0.29, 0.717) is 10.9 Å². The third kappa shape index (κ3) is 4.35. The second-order valence-corrected chi connectivity index (χ2v) is 6.65. The van der Waals surface area contributed by atoms with E-state index in [2.05, 4.69) is 15.6 Å². The van der Waals surface area contributed by atoms with Gasteiger partial charge in [-0.2, -0.15) is 0 Å². The van der Waals surface area contributed by atoms with Crippen LogP contribution in [0.2, 0.25) is 0 Å². The predicted octanol–water partition coefficient (Wildman–Crippen LogP) is 2.81. The van der Waals surface area contributed by atoms with Crippen molar-refractivity contribution in [1.82, 2.24) is 15.6 Å². The SMILES string of the molecule is C[C@@H](Sc1nc(-c2ccccc2)co1)C(=O)NC(=O)NC1CC1. The van der Waals surface area contributed by atoms with Crippen LogP contribution in [0.3, 0.4) is 0 Å². The van der Waals surface area contributed by atoms with Crippen molar-refractivity contribution in [1.29, 1.82) is 0 Å². The number of benzene rings is 1. The van der Waals surface area contributed by atoms with Crippen LogP contribution >= 0.6 is 11.8 Å². The average molecular weight is 331 g/mol. The fourth-order valence-corrected chi connectivity index (χ4v) is 2.64. The van der Waals surface area contributed by atoms with Crippen molar-refractivity contribution in [3.8, 4) is 11.3 Å². The van der Waals surface area contributed by atoms with E-state index in [4.69, 9.17) is 4.42 Å². The van der Waals surface area contributed by atoms with E-state index in [9.17, 15) is 9.59 Å². The number of carbonyl (C=O) groups is 2. The highest BCUT2D eigenvalue weighted by Gasteiger charge is 2.25. The van der Waals surface area contributed by atoms with Gasteiger partial charge in [0.2, 0.25) is 5.91 Å². The highest BCUT2D eigenvalue weighted by atomic mass is 32.2. The summed E-state index contributed by atoms with van der Waals surface area (Å²) in [5, 5.41) is 4.95. The van der Waals surface area contributed by atoms with Crippen LogP contribution in [0.25, 0.3) is 11.3 Å². The molecule has 6 nitrogen and oxygen atoms in total. The topological polar surface area (TPSA) is 84.2 Å². The molecule has 1 fully saturated rings. The number of nitrogens with zero attached hydrogens (tertiary/aromatic N) is 1. The van der Waals surface area contributed by atoms with E-state index in [-0.39, 0.29) is 11.9 Å². The molecule has 1 atom stereocenters. The number of amides is 3. The van der Waals surface area contributed by atoms with E-state index in [0.717, 1.165) is 18.4 Å². The highest BCUT2D eigenvalue weighted by molar-refractivity contribution is 8.00. The molecule has 1 aliphatic rings. The van der Waals surface area contributed by atoms with Crippen LogP contribution < -0.4 is 10.6 Å². The number of nitrogens with one attached hydrogen (secondary N) is 2. The lowest BCUT2D eigenvalue weighted by molar-refractivity contribution is -0.119. The summed E-state index contributed by atoms with van der Waals surface area (Å²) in [6.07, 6.45) is 3.51. The summed E-state index contributed by atoms with van der Waals surface area (Å²) in [5.74, 6) is -0.368. The van der Waals surface area contributed by atoms with Gasteiger partial charge < -0.3 is 9.73 Å². The fraction of sp³-hybridized carbons (Fsp3) is 0.312. The van der Waals surface area contributed by atoms with Gasteiger partial charge in [0.05, 0.1) is 5.25 Å². The Kier molecular flexibility index (Phi) is 4.66. The maximum atomic E-state index is 12.0. The zero-order chi connectivity index (χ0) is 16.2. The molecule has 1 heterocycles. The summed E-state index contributed by atoms with van der Waals surface area (Å²) in [7, 11) is 0. The molecular weight excluding hydrogens is 314 g/mol. The Morgan fingerprint density at radius 2 is 2.04 bits per heavy atom. The minimum atomic E-state index is -0.484. The van der Waals surface area contributed by atoms with Crippen molar-refractivity contribution in [3.05, 3.63) is 36.6 Å². The molecule has 0 radical (unpaired) electrons. The smallest absolute Gasteiger partial charge is 0.321 e. The molecule has 120 valence electrons. The molecule has 1 aromatic carbocycles. The quantitative estimate of drug-likeness (QED) is 0.823. The van der Waals surface area contributed by atoms with Gasteiger partial charge in [-0.25, -0.2) is 9.78 Å². The van der Waals surface area contributed by atoms with Gasteiger partial charge in [-0.1, -0.05) is 42.1 Å². The van der Waals surface area contributed by atoms with Gasteiger partial charge in [0, 0.05) is 11.6 Å². The van der Waals surface area contributed by atoms with Crippen LogP contribution in [0.4, 0.5) is 4.79 Å². The van der Waals surface area contributed by atoms with Gasteiger partial charge in [0.15, 0.2) is 0 Å². The Morgan fingerprint density at radius 1 is 1.30 bits per heavy atom. The molecule has 2 aromatic rings. The lowest BCUT2D eigenvalue weighted by Crippen LogP contribution is -2.43. The predicted molar refractivity (Wildman–Crippen MR) is 87.0 cm³/mol. The molecule has 0 saturated heterocycles. The standard InChI is InChI=1S/C16H17N3O3S/c1-10(14(20)19-15(21)17-12-7-8-12)23-16-18-13(9-22-16)11-5-3-2-4-6-11/h2-6,9-10,12H,7-8H2,1H3,(H2,17,19,20,21)/t10-/m1/s1. The minimum absolute atomic E-state index is 0.214. The van der Waals surface area contributed by atoms with Crippen molar-refractivity contribution in [2.75, 3.05) is 0 Å². The fourth-order valence-electron chi connectivity index (χ4n) is 1.92. The summed E-state index contributed by atoms with van der Waals surface area (Å²) >= 11 is 1.17. The van der Waals surface area contributed by atoms with Crippen molar-refractivity contribution in [2.24, 2.45) is 0 Å². The number of carbonyl (C=O) groups excluding carboxylic acids is 2. The Balaban J connectivity index is 1.55. The molecule has 0 unspecified atom stereocenters. The van der Waals surface area contributed by atoms with Crippen molar-refractivity contribution >= 4 is 23.7 Å². The lowest BCUT2D eigenvalue weighted by Gasteiger charge is -2.09. The molecular formula is C16H17N3O3S. The number of thioether (sulfide) groups is 1. The van der Waals surface area contributed by atoms with E-state index >= 15 is 0 Å². The van der Waals surface area contributed by atoms with E-state index < -0.39 is 11.3 Å². The second kappa shape index (κ2) is 6.87. The molecule has 23 heavy (non-hydrogen) atoms. The summed E-state index contributed by atoms with van der Waals surface area (Å²) in [5.41, 5.74) is 1.66. The Bertz CT molecular complexity index is 698. The highest BCUT2D eigenvalue weighted by Crippen LogP contribution is 2.26. The van der Waals surface area contributed by atoms with Crippen LogP contribution in [-0.2, 0) is 4.79 Å². The summed E-state index contributed by atoms with van der Waals surface area (Å²) in [4.78, 5) is 27.9. The summed E-state index contributed by atoms with van der Waals surface area (Å²) in [6, 6.07) is 9.41. The van der Waals surface area contributed by atoms with Gasteiger partial charge in [0.1, 0.15) is 12.0 Å². The van der Waals surface area contributed by atoms with Crippen molar-refractivity contribution in [3.63, 3.8) is 0 Å². The molecule has 0 aliphatic heterocycles. The van der Waals surface area contributed by atoms with Gasteiger partial charge in [-0.3, -0.25) is 10.1 Å². The average Bonchev–Trinajstić information content (AvgIpc) is 3.23. The van der Waals surface area contributed by atoms with Gasteiger partial charge in [-0.05, 0) is 19.8 Å². The first kappa shape index (κ1) is 15.6. The number of hydrogen-bond acceptors (Lipinski definition) is 5. The van der Waals surface area contributed by atoms with Gasteiger partial charge >= 0.3 is 6.03 Å². The molecule has 1 aliphatic carbocycles. The van der Waals surface area contributed by atoms with E-state index in [1.54, 1.807) is 13.2 Å². The molecule has 1 saturated carbocycles. The number of imide groups is 1. The molecule has 2 N–H and O–H groups in total. The van der Waals surface area contributed by atoms with Crippen molar-refractivity contribution in [2.45, 2.75) is 36.3 Å². The van der Waals surface area contributed by atoms with Crippen LogP contribution in [0.15, 0.2) is 46.2 Å². The Hall–Kier alpha value is -2.28. The third-order valence-corrected chi connectivity index (χ3v) is 4.31. The molecule has 7 heteroatoms. The number of hydrogen-bond donors (Lipinski definition) is 2. The van der Waals surface area contributed by atoms with Gasteiger partial charge in [0.25, 0.3) is 5.22 Å². The number of aromatic nitrogens is 1. The summed E-state index contributed by atoms with van der Waals surface area (Å²) < 4.78 is 5.39. The van der Waals surface area contributed by atoms with Crippen molar-refractivity contribution < 1.29 is 14.0 Å². The largest absolute Gasteiger partial charge is 0.439 e. The minimum Gasteiger partial charge on any atom is -0.439 e. The molecule has 0 spiro atoms. The second-order valence-electron chi connectivity index (χ2n) is 5.36. The molecule has 0 bridgehead atoms. The first-order valence-corrected chi connectivity index (χ1v) is 8.29. The number of oxazole rings is 1. The normalized spacial score (nSPS) is 15.0. The van der Waals surface area contributed by atoms with E-state index in [1.165, 1.54) is 11.8 Å². The number of urea groups is 1. The Morgan fingerprint density at radius 3 is 2.74 bits per heavy atom. The first-order valence-electron chi connectivity index (χ1n) is 7.41. The molecule has 1 aromatic heterocycles. The van der Waals surface area contributed by atoms with E-state index in [1.807, 2.05) is 30.3 Å². The van der Waals surface area contributed by atoms with Crippen LogP contribution in [0.1, 0.15) is 19.8 Å². The monoisotopic (exact) mass is 331 g/mol. The zero-order valence-corrected chi connectivity index (χ0v) is 13.4. The zero-order valence-electron chi connectivity index (χ0n) is 12.6. The van der Waals surface area contributed by atoms with Crippen LogP contribution in [0, 0.1) is 0 Å². The van der Waals surface area contributed by atoms with Gasteiger partial charge in [-0.15, -0.1) is 0 Å². The molecule has 3 amide bonds. The maximum Gasteiger partial charge on any atom is 0.321 e. The van der Waals surface area contributed by atoms with Crippen LogP contribution in [-0.4, -0.2) is 28.2 Å². The summed E-state index contributed by atoms with van der Waals surface area (Å²) in [6.45, 7) is 1.71.